The second kappa shape index (κ2) is 4.50. The summed E-state index contributed by atoms with van der Waals surface area (Å²) < 4.78 is 1.79. The quantitative estimate of drug-likeness (QED) is 0.824. The first kappa shape index (κ1) is 11.1. The molecule has 0 aliphatic carbocycles. The van der Waals surface area contributed by atoms with Crippen LogP contribution in [0.1, 0.15) is 18.3 Å². The molecular weight excluding hydrogens is 200 g/mol. The second-order valence-corrected chi connectivity index (χ2v) is 4.52. The molecule has 0 radical (unpaired) electrons. The van der Waals surface area contributed by atoms with E-state index in [1.54, 1.807) is 11.6 Å². The molecule has 0 aromatic carbocycles. The van der Waals surface area contributed by atoms with Crippen LogP contribution in [-0.4, -0.2) is 26.1 Å². The van der Waals surface area contributed by atoms with Crippen LogP contribution in [0.25, 0.3) is 0 Å². The number of hydrogen-bond acceptors (Lipinski definition) is 3. The van der Waals surface area contributed by atoms with Gasteiger partial charge in [-0.15, -0.1) is 11.8 Å². The fraction of sp³-hybridized carbons (Fsp3) is 0.556. The number of aliphatic carboxylic acids is 1. The van der Waals surface area contributed by atoms with Crippen LogP contribution in [0.5, 0.6) is 0 Å². The Bertz CT molecular complexity index is 336. The molecule has 1 unspecified atom stereocenters. The van der Waals surface area contributed by atoms with Crippen LogP contribution < -0.4 is 0 Å². The summed E-state index contributed by atoms with van der Waals surface area (Å²) in [5, 5.41) is 12.5. The van der Waals surface area contributed by atoms with Gasteiger partial charge >= 0.3 is 5.97 Å². The van der Waals surface area contributed by atoms with Gasteiger partial charge < -0.3 is 5.11 Å². The van der Waals surface area contributed by atoms with Crippen molar-refractivity contribution in [3.63, 3.8) is 0 Å². The van der Waals surface area contributed by atoms with Crippen molar-refractivity contribution in [1.82, 2.24) is 9.78 Å². The monoisotopic (exact) mass is 214 g/mol. The van der Waals surface area contributed by atoms with Crippen LogP contribution in [0.15, 0.2) is 6.07 Å². The zero-order chi connectivity index (χ0) is 10.7. The van der Waals surface area contributed by atoms with Crippen molar-refractivity contribution in [1.29, 1.82) is 0 Å². The van der Waals surface area contributed by atoms with E-state index in [0.29, 0.717) is 5.75 Å². The van der Waals surface area contributed by atoms with Gasteiger partial charge in [0.25, 0.3) is 0 Å². The van der Waals surface area contributed by atoms with E-state index in [1.165, 1.54) is 11.8 Å². The van der Waals surface area contributed by atoms with E-state index in [2.05, 4.69) is 5.10 Å². The molecule has 78 valence electrons. The van der Waals surface area contributed by atoms with Crippen molar-refractivity contribution in [2.75, 3.05) is 0 Å². The lowest BCUT2D eigenvalue weighted by Crippen LogP contribution is -2.12. The molecule has 1 N–H and O–H groups in total. The van der Waals surface area contributed by atoms with Crippen LogP contribution >= 0.6 is 11.8 Å². The first-order valence-electron chi connectivity index (χ1n) is 4.34. The predicted octanol–water partition coefficient (Wildman–Crippen LogP) is 1.43. The molecule has 0 amide bonds. The Morgan fingerprint density at radius 3 is 2.86 bits per heavy atom. The first-order chi connectivity index (χ1) is 6.50. The van der Waals surface area contributed by atoms with Gasteiger partial charge in [-0.3, -0.25) is 9.48 Å². The molecule has 1 aromatic heterocycles. The van der Waals surface area contributed by atoms with Gasteiger partial charge in [-0.25, -0.2) is 0 Å². The summed E-state index contributed by atoms with van der Waals surface area (Å²) in [4.78, 5) is 10.6. The highest BCUT2D eigenvalue weighted by atomic mass is 32.2. The third-order valence-corrected chi connectivity index (χ3v) is 3.09. The second-order valence-electron chi connectivity index (χ2n) is 3.19. The fourth-order valence-electron chi connectivity index (χ4n) is 1.08. The third kappa shape index (κ3) is 2.77. The van der Waals surface area contributed by atoms with E-state index in [4.69, 9.17) is 5.11 Å². The van der Waals surface area contributed by atoms with Gasteiger partial charge in [0.05, 0.1) is 10.9 Å². The Morgan fingerprint density at radius 1 is 1.79 bits per heavy atom. The van der Waals surface area contributed by atoms with Gasteiger partial charge in [0.1, 0.15) is 0 Å². The summed E-state index contributed by atoms with van der Waals surface area (Å²) in [5.41, 5.74) is 2.02. The highest BCUT2D eigenvalue weighted by Crippen LogP contribution is 2.17. The lowest BCUT2D eigenvalue weighted by Gasteiger charge is -2.05. The zero-order valence-corrected chi connectivity index (χ0v) is 9.34. The smallest absolute Gasteiger partial charge is 0.316 e. The Morgan fingerprint density at radius 2 is 2.43 bits per heavy atom. The fourth-order valence-corrected chi connectivity index (χ4v) is 1.91. The molecular formula is C9H14N2O2S. The van der Waals surface area contributed by atoms with Gasteiger partial charge in [0.15, 0.2) is 0 Å². The first-order valence-corrected chi connectivity index (χ1v) is 5.39. The minimum atomic E-state index is -0.770. The number of hydrogen-bond donors (Lipinski definition) is 1. The summed E-state index contributed by atoms with van der Waals surface area (Å²) >= 11 is 1.40. The van der Waals surface area contributed by atoms with Crippen LogP contribution in [0.3, 0.4) is 0 Å². The van der Waals surface area contributed by atoms with Crippen LogP contribution in [0, 0.1) is 6.92 Å². The summed E-state index contributed by atoms with van der Waals surface area (Å²) in [6, 6.07) is 1.97. The predicted molar refractivity (Wildman–Crippen MR) is 56.3 cm³/mol. The van der Waals surface area contributed by atoms with Crippen molar-refractivity contribution in [3.8, 4) is 0 Å². The number of aromatic nitrogens is 2. The minimum absolute atomic E-state index is 0.370. The molecule has 0 aliphatic heterocycles. The van der Waals surface area contributed by atoms with Crippen molar-refractivity contribution < 1.29 is 9.90 Å². The van der Waals surface area contributed by atoms with Gasteiger partial charge in [0.2, 0.25) is 0 Å². The number of carbonyl (C=O) groups is 1. The molecule has 14 heavy (non-hydrogen) atoms. The molecule has 4 nitrogen and oxygen atoms in total. The molecule has 0 fully saturated rings. The number of aryl methyl sites for hydroxylation is 2. The average Bonchev–Trinajstić information content (AvgIpc) is 2.40. The Hall–Kier alpha value is -0.970. The topological polar surface area (TPSA) is 55.1 Å². The molecule has 1 aromatic rings. The van der Waals surface area contributed by atoms with Gasteiger partial charge in [-0.2, -0.15) is 5.10 Å². The van der Waals surface area contributed by atoms with Gasteiger partial charge in [-0.05, 0) is 19.9 Å². The molecule has 0 saturated carbocycles. The number of nitrogens with zero attached hydrogens (tertiary/aromatic N) is 2. The molecule has 0 saturated heterocycles. The SMILES string of the molecule is Cc1cc(CSC(C)C(=O)O)n(C)n1. The zero-order valence-electron chi connectivity index (χ0n) is 8.52. The van der Waals surface area contributed by atoms with E-state index in [1.807, 2.05) is 20.0 Å². The summed E-state index contributed by atoms with van der Waals surface area (Å²) in [6.07, 6.45) is 0. The maximum absolute atomic E-state index is 10.6. The molecule has 5 heteroatoms. The van der Waals surface area contributed by atoms with Gasteiger partial charge in [-0.1, -0.05) is 0 Å². The van der Waals surface area contributed by atoms with Crippen molar-refractivity contribution in [2.45, 2.75) is 24.9 Å². The molecule has 0 spiro atoms. The van der Waals surface area contributed by atoms with Crippen molar-refractivity contribution in [2.24, 2.45) is 7.05 Å². The molecule has 0 aliphatic rings. The van der Waals surface area contributed by atoms with E-state index < -0.39 is 5.97 Å². The van der Waals surface area contributed by atoms with Gasteiger partial charge in [0, 0.05) is 18.5 Å². The number of rotatable bonds is 4. The standard InChI is InChI=1S/C9H14N2O2S/c1-6-4-8(11(3)10-6)5-14-7(2)9(12)13/h4,7H,5H2,1-3H3,(H,12,13). The van der Waals surface area contributed by atoms with Crippen LogP contribution in [0.2, 0.25) is 0 Å². The Labute approximate surface area is 87.3 Å². The number of carboxylic acid groups (broad SMARTS) is 1. The minimum Gasteiger partial charge on any atom is -0.480 e. The number of thioether (sulfide) groups is 1. The molecule has 1 heterocycles. The lowest BCUT2D eigenvalue weighted by molar-refractivity contribution is -0.136. The maximum atomic E-state index is 10.6. The summed E-state index contributed by atoms with van der Waals surface area (Å²) in [7, 11) is 1.87. The van der Waals surface area contributed by atoms with Crippen molar-refractivity contribution in [3.05, 3.63) is 17.5 Å². The largest absolute Gasteiger partial charge is 0.480 e. The lowest BCUT2D eigenvalue weighted by atomic mass is 10.4. The molecule has 1 rings (SSSR count). The molecule has 0 bridgehead atoms. The van der Waals surface area contributed by atoms with Crippen LogP contribution in [-0.2, 0) is 17.6 Å². The maximum Gasteiger partial charge on any atom is 0.316 e. The average molecular weight is 214 g/mol. The summed E-state index contributed by atoms with van der Waals surface area (Å²) in [5.74, 6) is -0.0842. The highest BCUT2D eigenvalue weighted by molar-refractivity contribution is 7.99. The summed E-state index contributed by atoms with van der Waals surface area (Å²) in [6.45, 7) is 3.62. The highest BCUT2D eigenvalue weighted by Gasteiger charge is 2.12. The van der Waals surface area contributed by atoms with E-state index in [9.17, 15) is 4.79 Å². The normalized spacial score (nSPS) is 12.8. The Balaban J connectivity index is 2.53. The van der Waals surface area contributed by atoms with E-state index in [0.717, 1.165) is 11.4 Å². The van der Waals surface area contributed by atoms with E-state index >= 15 is 0 Å². The van der Waals surface area contributed by atoms with Crippen molar-refractivity contribution >= 4 is 17.7 Å². The number of carboxylic acids is 1. The van der Waals surface area contributed by atoms with E-state index in [-0.39, 0.29) is 5.25 Å². The third-order valence-electron chi connectivity index (χ3n) is 1.93. The molecule has 1 atom stereocenters. The Kier molecular flexibility index (Phi) is 3.57. The van der Waals surface area contributed by atoms with Crippen LogP contribution in [0.4, 0.5) is 0 Å².